The number of urea groups is 1. The lowest BCUT2D eigenvalue weighted by Crippen LogP contribution is -2.50. The lowest BCUT2D eigenvalue weighted by molar-refractivity contribution is -0.152. The monoisotopic (exact) mass is 544 g/mol. The molecule has 2 unspecified atom stereocenters. The first-order chi connectivity index (χ1) is 17.2. The Morgan fingerprint density at radius 2 is 1.84 bits per heavy atom. The van der Waals surface area contributed by atoms with Crippen molar-refractivity contribution >= 4 is 35.4 Å². The van der Waals surface area contributed by atoms with E-state index < -0.39 is 53.0 Å². The van der Waals surface area contributed by atoms with Crippen molar-refractivity contribution in [3.63, 3.8) is 0 Å². The maximum atomic E-state index is 13.3. The van der Waals surface area contributed by atoms with Crippen LogP contribution in [0.1, 0.15) is 56.2 Å². The van der Waals surface area contributed by atoms with Gasteiger partial charge in [0.1, 0.15) is 11.6 Å². The van der Waals surface area contributed by atoms with Crippen molar-refractivity contribution in [2.75, 3.05) is 6.73 Å². The number of rotatable bonds is 8. The van der Waals surface area contributed by atoms with Crippen LogP contribution < -0.4 is 11.1 Å². The summed E-state index contributed by atoms with van der Waals surface area (Å²) in [5.41, 5.74) is 4.38. The number of amides is 4. The summed E-state index contributed by atoms with van der Waals surface area (Å²) in [5.74, 6) is -2.04. The molecule has 0 aromatic heterocycles. The maximum Gasteiger partial charge on any atom is 0.417 e. The average molecular weight is 545 g/mol. The molecule has 1 saturated carbocycles. The molecule has 4 amide bonds. The van der Waals surface area contributed by atoms with E-state index in [1.807, 2.05) is 0 Å². The number of imide groups is 1. The number of alkyl halides is 3. The number of fused-ring (bicyclic) bond motifs is 1. The molecule has 3 aliphatic rings. The van der Waals surface area contributed by atoms with Gasteiger partial charge in [-0.1, -0.05) is 25.4 Å². The van der Waals surface area contributed by atoms with E-state index in [1.165, 1.54) is 11.0 Å². The first-order valence-corrected chi connectivity index (χ1v) is 12.3. The van der Waals surface area contributed by atoms with Crippen LogP contribution in [0.15, 0.2) is 12.1 Å². The highest BCUT2D eigenvalue weighted by Crippen LogP contribution is 2.46. The summed E-state index contributed by atoms with van der Waals surface area (Å²) < 4.78 is 44.7. The topological polar surface area (TPSA) is 122 Å². The van der Waals surface area contributed by atoms with E-state index in [-0.39, 0.29) is 43.7 Å². The normalized spacial score (nSPS) is 22.4. The van der Waals surface area contributed by atoms with Crippen LogP contribution in [-0.2, 0) is 38.4 Å². The number of halogens is 4. The highest BCUT2D eigenvalue weighted by atomic mass is 35.5. The van der Waals surface area contributed by atoms with Gasteiger partial charge in [0, 0.05) is 19.5 Å². The van der Waals surface area contributed by atoms with Crippen LogP contribution in [0.4, 0.5) is 18.0 Å². The number of esters is 1. The van der Waals surface area contributed by atoms with Gasteiger partial charge < -0.3 is 20.7 Å². The minimum atomic E-state index is -4.61. The van der Waals surface area contributed by atoms with Crippen molar-refractivity contribution in [1.29, 1.82) is 0 Å². The van der Waals surface area contributed by atoms with E-state index in [4.69, 9.17) is 22.1 Å². The predicted octanol–water partition coefficient (Wildman–Crippen LogP) is 3.17. The van der Waals surface area contributed by atoms with Crippen molar-refractivity contribution < 1.29 is 37.1 Å². The van der Waals surface area contributed by atoms with Crippen molar-refractivity contribution in [2.45, 2.75) is 70.4 Å². The second-order valence-corrected chi connectivity index (χ2v) is 10.5. The molecule has 2 fully saturated rings. The highest BCUT2D eigenvalue weighted by Gasteiger charge is 2.59. The van der Waals surface area contributed by atoms with E-state index in [2.05, 4.69) is 5.32 Å². The number of nitrogens with two attached hydrogens (primary N) is 1. The number of nitrogens with one attached hydrogen (secondary N) is 1. The van der Waals surface area contributed by atoms with Gasteiger partial charge in [-0.3, -0.25) is 14.4 Å². The molecule has 1 saturated heterocycles. The zero-order valence-corrected chi connectivity index (χ0v) is 21.1. The van der Waals surface area contributed by atoms with Crippen molar-refractivity contribution in [2.24, 2.45) is 17.6 Å². The SMILES string of the molecule is CC(C)C(N)C(=O)OCN1C(=O)NC(CCC(=O)N2Cc3cc(Cl)c(C(F)(F)F)cc3C2)(C2CC2)C1=O. The van der Waals surface area contributed by atoms with E-state index in [1.54, 1.807) is 13.8 Å². The van der Waals surface area contributed by atoms with Gasteiger partial charge in [0.15, 0.2) is 6.73 Å². The van der Waals surface area contributed by atoms with Crippen LogP contribution in [0, 0.1) is 11.8 Å². The van der Waals surface area contributed by atoms with Gasteiger partial charge in [0.25, 0.3) is 5.91 Å². The molecule has 4 rings (SSSR count). The summed E-state index contributed by atoms with van der Waals surface area (Å²) in [4.78, 5) is 53.2. The van der Waals surface area contributed by atoms with Gasteiger partial charge >= 0.3 is 18.2 Å². The molecule has 0 spiro atoms. The van der Waals surface area contributed by atoms with Crippen LogP contribution in [0.3, 0.4) is 0 Å². The Morgan fingerprint density at radius 1 is 1.22 bits per heavy atom. The minimum Gasteiger partial charge on any atom is -0.442 e. The van der Waals surface area contributed by atoms with Gasteiger partial charge in [-0.25, -0.2) is 9.69 Å². The number of hydrogen-bond donors (Lipinski definition) is 2. The Bertz CT molecular complexity index is 1140. The third-order valence-electron chi connectivity index (χ3n) is 7.21. The van der Waals surface area contributed by atoms with Gasteiger partial charge in [0.2, 0.25) is 5.91 Å². The van der Waals surface area contributed by atoms with Crippen LogP contribution in [0.5, 0.6) is 0 Å². The number of carbonyl (C=O) groups excluding carboxylic acids is 4. The van der Waals surface area contributed by atoms with Gasteiger partial charge in [0.05, 0.1) is 10.6 Å². The Labute approximate surface area is 216 Å². The second-order valence-electron chi connectivity index (χ2n) is 10.1. The molecule has 3 N–H and O–H groups in total. The van der Waals surface area contributed by atoms with Crippen LogP contribution in [-0.4, -0.2) is 51.9 Å². The van der Waals surface area contributed by atoms with E-state index in [9.17, 15) is 32.3 Å². The fraction of sp³-hybridized carbons (Fsp3) is 0.583. The number of hydrogen-bond acceptors (Lipinski definition) is 6. The third-order valence-corrected chi connectivity index (χ3v) is 7.52. The molecule has 1 aromatic rings. The molecular formula is C24H28ClF3N4O5. The van der Waals surface area contributed by atoms with Crippen LogP contribution >= 0.6 is 11.6 Å². The standard InChI is InChI=1S/C24H28ClF3N4O5/c1-12(2)19(29)20(34)37-11-32-21(35)23(15-3-4-15,30-22(32)36)6-5-18(33)31-9-13-7-16(24(26,27)28)17(25)8-14(13)10-31/h7-8,12,15,19H,3-6,9-11,29H2,1-2H3,(H,30,36). The number of benzene rings is 1. The predicted molar refractivity (Wildman–Crippen MR) is 125 cm³/mol. The number of carbonyl (C=O) groups is 4. The minimum absolute atomic E-state index is 0.0106. The summed E-state index contributed by atoms with van der Waals surface area (Å²) in [7, 11) is 0. The van der Waals surface area contributed by atoms with Gasteiger partial charge in [-0.15, -0.1) is 0 Å². The van der Waals surface area contributed by atoms with E-state index in [0.29, 0.717) is 24.0 Å². The molecule has 2 aliphatic heterocycles. The Hall–Kier alpha value is -2.86. The summed E-state index contributed by atoms with van der Waals surface area (Å²) in [5, 5.41) is 2.27. The molecule has 37 heavy (non-hydrogen) atoms. The second kappa shape index (κ2) is 9.79. The van der Waals surface area contributed by atoms with E-state index in [0.717, 1.165) is 11.0 Å². The van der Waals surface area contributed by atoms with E-state index >= 15 is 0 Å². The molecule has 2 atom stereocenters. The summed E-state index contributed by atoms with van der Waals surface area (Å²) in [6.45, 7) is 2.97. The van der Waals surface area contributed by atoms with Crippen molar-refractivity contribution in [3.8, 4) is 0 Å². The summed E-state index contributed by atoms with van der Waals surface area (Å²) >= 11 is 5.80. The zero-order chi connectivity index (χ0) is 27.3. The van der Waals surface area contributed by atoms with Gasteiger partial charge in [-0.2, -0.15) is 13.2 Å². The molecule has 13 heteroatoms. The molecule has 1 aromatic carbocycles. The lowest BCUT2D eigenvalue weighted by atomic mass is 9.87. The first kappa shape index (κ1) is 27.2. The fourth-order valence-corrected chi connectivity index (χ4v) is 5.06. The molecule has 1 aliphatic carbocycles. The first-order valence-electron chi connectivity index (χ1n) is 12.0. The van der Waals surface area contributed by atoms with Crippen LogP contribution in [0.25, 0.3) is 0 Å². The van der Waals surface area contributed by atoms with Gasteiger partial charge in [-0.05, 0) is 54.4 Å². The molecule has 0 bridgehead atoms. The third kappa shape index (κ3) is 5.26. The summed E-state index contributed by atoms with van der Waals surface area (Å²) in [6, 6.07) is 0.558. The van der Waals surface area contributed by atoms with Crippen LogP contribution in [0.2, 0.25) is 5.02 Å². The molecule has 2 heterocycles. The van der Waals surface area contributed by atoms with Crippen molar-refractivity contribution in [1.82, 2.24) is 15.1 Å². The zero-order valence-electron chi connectivity index (χ0n) is 20.4. The highest BCUT2D eigenvalue weighted by molar-refractivity contribution is 6.31. The fourth-order valence-electron chi connectivity index (χ4n) is 4.76. The Morgan fingerprint density at radius 3 is 2.41 bits per heavy atom. The van der Waals surface area contributed by atoms with Crippen molar-refractivity contribution in [3.05, 3.63) is 33.8 Å². The maximum absolute atomic E-state index is 13.3. The molecule has 9 nitrogen and oxygen atoms in total. The lowest BCUT2D eigenvalue weighted by Gasteiger charge is -2.27. The largest absolute Gasteiger partial charge is 0.442 e. The quantitative estimate of drug-likeness (QED) is 0.383. The number of ether oxygens (including phenoxy) is 1. The average Bonchev–Trinajstić information content (AvgIpc) is 3.54. The number of nitrogens with zero attached hydrogens (tertiary/aromatic N) is 2. The smallest absolute Gasteiger partial charge is 0.417 e. The Balaban J connectivity index is 1.40. The molecule has 202 valence electrons. The molecular weight excluding hydrogens is 517 g/mol. The summed E-state index contributed by atoms with van der Waals surface area (Å²) in [6.07, 6.45) is -3.35. The molecule has 0 radical (unpaired) electrons. The Kier molecular flexibility index (Phi) is 7.19.